The second-order valence-electron chi connectivity index (χ2n) is 3.53. The summed E-state index contributed by atoms with van der Waals surface area (Å²) in [5.41, 5.74) is 5.15. The van der Waals surface area contributed by atoms with E-state index in [4.69, 9.17) is 10.8 Å². The van der Waals surface area contributed by atoms with E-state index in [1.54, 1.807) is 6.07 Å². The molecule has 0 aliphatic heterocycles. The van der Waals surface area contributed by atoms with Crippen molar-refractivity contribution in [1.29, 1.82) is 0 Å². The van der Waals surface area contributed by atoms with Crippen molar-refractivity contribution in [2.24, 2.45) is 5.73 Å². The Morgan fingerprint density at radius 1 is 1.41 bits per heavy atom. The van der Waals surface area contributed by atoms with E-state index in [1.165, 1.54) is 24.3 Å². The fourth-order valence-corrected chi connectivity index (χ4v) is 2.09. The number of benzene rings is 1. The standard InChI is InChI=1S/C11H13F2NO2S/c12-11(13,8-4-2-1-3-5-8)7-17-6-9(14)10(15)16/h1-5,9H,6-7,14H2,(H,15,16)/t9-/m0/s1. The summed E-state index contributed by atoms with van der Waals surface area (Å²) in [7, 11) is 0. The molecule has 0 aromatic heterocycles. The summed E-state index contributed by atoms with van der Waals surface area (Å²) in [4.78, 5) is 10.4. The monoisotopic (exact) mass is 261 g/mol. The van der Waals surface area contributed by atoms with Gasteiger partial charge in [0.15, 0.2) is 0 Å². The summed E-state index contributed by atoms with van der Waals surface area (Å²) in [5, 5.41) is 8.50. The molecule has 1 aromatic carbocycles. The summed E-state index contributed by atoms with van der Waals surface area (Å²) in [6.45, 7) is 0. The molecule has 1 atom stereocenters. The number of thioether (sulfide) groups is 1. The highest BCUT2D eigenvalue weighted by Crippen LogP contribution is 2.31. The van der Waals surface area contributed by atoms with Gasteiger partial charge in [0, 0.05) is 11.3 Å². The average molecular weight is 261 g/mol. The molecule has 3 N–H and O–H groups in total. The smallest absolute Gasteiger partial charge is 0.321 e. The molecule has 0 bridgehead atoms. The highest BCUT2D eigenvalue weighted by atomic mass is 32.2. The highest BCUT2D eigenvalue weighted by molar-refractivity contribution is 7.99. The summed E-state index contributed by atoms with van der Waals surface area (Å²) < 4.78 is 27.2. The molecule has 0 spiro atoms. The summed E-state index contributed by atoms with van der Waals surface area (Å²) in [6.07, 6.45) is 0. The van der Waals surface area contributed by atoms with E-state index < -0.39 is 23.7 Å². The third-order valence-corrected chi connectivity index (χ3v) is 3.26. The van der Waals surface area contributed by atoms with Crippen molar-refractivity contribution in [3.05, 3.63) is 35.9 Å². The zero-order chi connectivity index (χ0) is 12.9. The van der Waals surface area contributed by atoms with Crippen molar-refractivity contribution >= 4 is 17.7 Å². The molecule has 0 aliphatic rings. The number of nitrogens with two attached hydrogens (primary N) is 1. The van der Waals surface area contributed by atoms with Gasteiger partial charge < -0.3 is 10.8 Å². The molecule has 1 aromatic rings. The van der Waals surface area contributed by atoms with Gasteiger partial charge >= 0.3 is 5.97 Å². The fourth-order valence-electron chi connectivity index (χ4n) is 1.15. The lowest BCUT2D eigenvalue weighted by Crippen LogP contribution is -2.33. The summed E-state index contributed by atoms with van der Waals surface area (Å²) in [6, 6.07) is 6.32. The van der Waals surface area contributed by atoms with Gasteiger partial charge in [-0.05, 0) is 0 Å². The van der Waals surface area contributed by atoms with Crippen molar-refractivity contribution in [3.63, 3.8) is 0 Å². The molecule has 17 heavy (non-hydrogen) atoms. The normalized spacial score (nSPS) is 13.4. The quantitative estimate of drug-likeness (QED) is 0.821. The van der Waals surface area contributed by atoms with Crippen molar-refractivity contribution in [2.45, 2.75) is 12.0 Å². The molecule has 0 heterocycles. The van der Waals surface area contributed by atoms with Gasteiger partial charge in [-0.25, -0.2) is 8.78 Å². The van der Waals surface area contributed by atoms with Crippen LogP contribution in [0.2, 0.25) is 0 Å². The Morgan fingerprint density at radius 3 is 2.53 bits per heavy atom. The highest BCUT2D eigenvalue weighted by Gasteiger charge is 2.31. The zero-order valence-corrected chi connectivity index (χ0v) is 9.79. The first-order valence-electron chi connectivity index (χ1n) is 4.93. The van der Waals surface area contributed by atoms with E-state index in [9.17, 15) is 13.6 Å². The first-order chi connectivity index (χ1) is 7.93. The average Bonchev–Trinajstić information content (AvgIpc) is 2.29. The SMILES string of the molecule is N[C@@H](CSCC(F)(F)c1ccccc1)C(=O)O. The molecule has 0 unspecified atom stereocenters. The van der Waals surface area contributed by atoms with Gasteiger partial charge in [-0.15, -0.1) is 0 Å². The number of carboxylic acids is 1. The van der Waals surface area contributed by atoms with E-state index in [0.29, 0.717) is 0 Å². The Bertz CT molecular complexity index is 373. The molecule has 1 rings (SSSR count). The largest absolute Gasteiger partial charge is 0.480 e. The predicted octanol–water partition coefficient (Wildman–Crippen LogP) is 1.92. The fraction of sp³-hybridized carbons (Fsp3) is 0.364. The topological polar surface area (TPSA) is 63.3 Å². The van der Waals surface area contributed by atoms with Crippen LogP contribution < -0.4 is 5.73 Å². The summed E-state index contributed by atoms with van der Waals surface area (Å²) >= 11 is 0.836. The lowest BCUT2D eigenvalue weighted by Gasteiger charge is -2.16. The first kappa shape index (κ1) is 13.9. The maximum atomic E-state index is 13.6. The van der Waals surface area contributed by atoms with E-state index in [1.807, 2.05) is 0 Å². The van der Waals surface area contributed by atoms with Crippen LogP contribution in [-0.2, 0) is 10.7 Å². The molecular weight excluding hydrogens is 248 g/mol. The van der Waals surface area contributed by atoms with E-state index in [0.717, 1.165) is 11.8 Å². The Balaban J connectivity index is 2.48. The van der Waals surface area contributed by atoms with Gasteiger partial charge in [0.05, 0.1) is 5.75 Å². The van der Waals surface area contributed by atoms with Crippen LogP contribution in [0, 0.1) is 0 Å². The Hall–Kier alpha value is -1.14. The second-order valence-corrected chi connectivity index (χ2v) is 4.56. The van der Waals surface area contributed by atoms with Gasteiger partial charge in [0.25, 0.3) is 5.92 Å². The molecule has 3 nitrogen and oxygen atoms in total. The molecule has 0 fully saturated rings. The van der Waals surface area contributed by atoms with E-state index in [-0.39, 0.29) is 11.3 Å². The van der Waals surface area contributed by atoms with Gasteiger partial charge in [0.1, 0.15) is 6.04 Å². The van der Waals surface area contributed by atoms with Gasteiger partial charge in [0.2, 0.25) is 0 Å². The number of carboxylic acid groups (broad SMARTS) is 1. The van der Waals surface area contributed by atoms with Gasteiger partial charge in [-0.1, -0.05) is 30.3 Å². The van der Waals surface area contributed by atoms with Crippen LogP contribution in [0.25, 0.3) is 0 Å². The number of hydrogen-bond donors (Lipinski definition) is 2. The molecule has 0 saturated carbocycles. The number of rotatable bonds is 6. The molecule has 6 heteroatoms. The van der Waals surface area contributed by atoms with Crippen molar-refractivity contribution in [3.8, 4) is 0 Å². The minimum Gasteiger partial charge on any atom is -0.480 e. The molecular formula is C11H13F2NO2S. The number of alkyl halides is 2. The third-order valence-electron chi connectivity index (χ3n) is 2.09. The van der Waals surface area contributed by atoms with Crippen LogP contribution in [0.1, 0.15) is 5.56 Å². The molecule has 0 aliphatic carbocycles. The predicted molar refractivity (Wildman–Crippen MR) is 63.3 cm³/mol. The lowest BCUT2D eigenvalue weighted by atomic mass is 10.1. The van der Waals surface area contributed by atoms with Crippen LogP contribution in [0.15, 0.2) is 30.3 Å². The van der Waals surface area contributed by atoms with Crippen molar-refractivity contribution < 1.29 is 18.7 Å². The lowest BCUT2D eigenvalue weighted by molar-refractivity contribution is -0.137. The maximum Gasteiger partial charge on any atom is 0.321 e. The van der Waals surface area contributed by atoms with Crippen molar-refractivity contribution in [2.75, 3.05) is 11.5 Å². The number of halogens is 2. The van der Waals surface area contributed by atoms with Crippen LogP contribution in [-0.4, -0.2) is 28.6 Å². The third kappa shape index (κ3) is 4.32. The molecule has 0 radical (unpaired) electrons. The Labute approximate surface area is 102 Å². The molecule has 94 valence electrons. The molecule has 0 saturated heterocycles. The van der Waals surface area contributed by atoms with Crippen molar-refractivity contribution in [1.82, 2.24) is 0 Å². The van der Waals surface area contributed by atoms with Gasteiger partial charge in [-0.3, -0.25) is 4.79 Å². The second kappa shape index (κ2) is 5.97. The molecule has 0 amide bonds. The number of carbonyl (C=O) groups is 1. The van der Waals surface area contributed by atoms with Crippen LogP contribution in [0.3, 0.4) is 0 Å². The minimum atomic E-state index is -2.97. The van der Waals surface area contributed by atoms with Gasteiger partial charge in [-0.2, -0.15) is 11.8 Å². The minimum absolute atomic E-state index is 0.0300. The number of hydrogen-bond acceptors (Lipinski definition) is 3. The number of aliphatic carboxylic acids is 1. The maximum absolute atomic E-state index is 13.6. The zero-order valence-electron chi connectivity index (χ0n) is 8.98. The van der Waals surface area contributed by atoms with E-state index >= 15 is 0 Å². The first-order valence-corrected chi connectivity index (χ1v) is 6.08. The van der Waals surface area contributed by atoms with Crippen LogP contribution in [0.4, 0.5) is 8.78 Å². The Morgan fingerprint density at radius 2 is 2.00 bits per heavy atom. The Kier molecular flexibility index (Phi) is 4.89. The van der Waals surface area contributed by atoms with Crippen LogP contribution >= 0.6 is 11.8 Å². The summed E-state index contributed by atoms with van der Waals surface area (Å²) in [5.74, 6) is -4.65. The van der Waals surface area contributed by atoms with Crippen LogP contribution in [0.5, 0.6) is 0 Å². The van der Waals surface area contributed by atoms with E-state index in [2.05, 4.69) is 0 Å².